The van der Waals surface area contributed by atoms with Crippen LogP contribution >= 0.6 is 0 Å². The van der Waals surface area contributed by atoms with E-state index in [0.29, 0.717) is 31.1 Å². The molecule has 0 unspecified atom stereocenters. The van der Waals surface area contributed by atoms with E-state index in [1.807, 2.05) is 26.0 Å². The molecule has 0 fully saturated rings. The first-order valence-corrected chi connectivity index (χ1v) is 7.88. The van der Waals surface area contributed by atoms with Crippen molar-refractivity contribution in [1.29, 1.82) is 0 Å². The number of amides is 1. The van der Waals surface area contributed by atoms with Crippen molar-refractivity contribution in [2.45, 2.75) is 13.8 Å². The molecule has 0 aliphatic rings. The molecule has 0 saturated heterocycles. The van der Waals surface area contributed by atoms with Gasteiger partial charge < -0.3 is 14.4 Å². The normalized spacial score (nSPS) is 10.3. The Morgan fingerprint density at radius 3 is 2.46 bits per heavy atom. The molecule has 128 valence electrons. The number of ether oxygens (including phenoxy) is 2. The molecule has 0 N–H and O–H groups in total. The second-order valence-corrected chi connectivity index (χ2v) is 5.44. The molecule has 0 heterocycles. The van der Waals surface area contributed by atoms with Crippen molar-refractivity contribution in [3.05, 3.63) is 59.4 Å². The SMILES string of the molecule is CCOc1ccc(C(=O)N(C)CCOc2ccc(F)cc2)cc1C. The largest absolute Gasteiger partial charge is 0.494 e. The Balaban J connectivity index is 1.89. The Morgan fingerprint density at radius 2 is 1.83 bits per heavy atom. The number of benzene rings is 2. The summed E-state index contributed by atoms with van der Waals surface area (Å²) in [6.45, 7) is 5.20. The predicted molar refractivity (Wildman–Crippen MR) is 91.2 cm³/mol. The zero-order valence-electron chi connectivity index (χ0n) is 14.2. The standard InChI is InChI=1S/C19H22FNO3/c1-4-23-18-10-5-15(13-14(18)2)19(22)21(3)11-12-24-17-8-6-16(20)7-9-17/h5-10,13H,4,11-12H2,1-3H3. The van der Waals surface area contributed by atoms with Gasteiger partial charge in [-0.2, -0.15) is 0 Å². The first-order valence-electron chi connectivity index (χ1n) is 7.88. The fraction of sp³-hybridized carbons (Fsp3) is 0.316. The smallest absolute Gasteiger partial charge is 0.253 e. The summed E-state index contributed by atoms with van der Waals surface area (Å²) >= 11 is 0. The third kappa shape index (κ3) is 4.72. The van der Waals surface area contributed by atoms with E-state index in [-0.39, 0.29) is 11.7 Å². The highest BCUT2D eigenvalue weighted by Gasteiger charge is 2.13. The highest BCUT2D eigenvalue weighted by Crippen LogP contribution is 2.20. The topological polar surface area (TPSA) is 38.8 Å². The first-order chi connectivity index (χ1) is 11.5. The molecule has 0 spiro atoms. The van der Waals surface area contributed by atoms with Crippen LogP contribution in [0.5, 0.6) is 11.5 Å². The van der Waals surface area contributed by atoms with Crippen molar-refractivity contribution in [3.63, 3.8) is 0 Å². The van der Waals surface area contributed by atoms with Crippen LogP contribution in [-0.2, 0) is 0 Å². The third-order valence-electron chi connectivity index (χ3n) is 3.58. The summed E-state index contributed by atoms with van der Waals surface area (Å²) in [6, 6.07) is 11.2. The minimum absolute atomic E-state index is 0.0798. The van der Waals surface area contributed by atoms with Gasteiger partial charge in [-0.3, -0.25) is 4.79 Å². The minimum Gasteiger partial charge on any atom is -0.494 e. The fourth-order valence-electron chi connectivity index (χ4n) is 2.25. The van der Waals surface area contributed by atoms with Crippen LogP contribution < -0.4 is 9.47 Å². The Morgan fingerprint density at radius 1 is 1.12 bits per heavy atom. The number of hydrogen-bond donors (Lipinski definition) is 0. The van der Waals surface area contributed by atoms with Crippen LogP contribution in [0.25, 0.3) is 0 Å². The van der Waals surface area contributed by atoms with Gasteiger partial charge in [0.25, 0.3) is 5.91 Å². The van der Waals surface area contributed by atoms with Gasteiger partial charge in [-0.25, -0.2) is 4.39 Å². The summed E-state index contributed by atoms with van der Waals surface area (Å²) in [5.74, 6) is 0.981. The van der Waals surface area contributed by atoms with Crippen molar-refractivity contribution in [3.8, 4) is 11.5 Å². The maximum atomic E-state index is 12.8. The van der Waals surface area contributed by atoms with Gasteiger partial charge in [0.2, 0.25) is 0 Å². The van der Waals surface area contributed by atoms with Crippen molar-refractivity contribution in [2.24, 2.45) is 0 Å². The third-order valence-corrected chi connectivity index (χ3v) is 3.58. The zero-order chi connectivity index (χ0) is 17.5. The summed E-state index contributed by atoms with van der Waals surface area (Å²) in [6.07, 6.45) is 0. The number of carbonyl (C=O) groups is 1. The Labute approximate surface area is 141 Å². The van der Waals surface area contributed by atoms with Gasteiger partial charge in [-0.05, 0) is 61.9 Å². The van der Waals surface area contributed by atoms with Gasteiger partial charge >= 0.3 is 0 Å². The molecule has 2 aromatic rings. The van der Waals surface area contributed by atoms with Crippen LogP contribution in [-0.4, -0.2) is 37.6 Å². The zero-order valence-corrected chi connectivity index (χ0v) is 14.2. The number of hydrogen-bond acceptors (Lipinski definition) is 3. The molecule has 0 aliphatic carbocycles. The number of carbonyl (C=O) groups excluding carboxylic acids is 1. The van der Waals surface area contributed by atoms with Crippen LogP contribution in [0.2, 0.25) is 0 Å². The molecule has 0 aliphatic heterocycles. The lowest BCUT2D eigenvalue weighted by atomic mass is 10.1. The van der Waals surface area contributed by atoms with Crippen LogP contribution in [0.3, 0.4) is 0 Å². The lowest BCUT2D eigenvalue weighted by Crippen LogP contribution is -2.30. The minimum atomic E-state index is -0.305. The number of likely N-dealkylation sites (N-methyl/N-ethyl adjacent to an activating group) is 1. The molecular weight excluding hydrogens is 309 g/mol. The van der Waals surface area contributed by atoms with Crippen molar-refractivity contribution in [2.75, 3.05) is 26.8 Å². The van der Waals surface area contributed by atoms with E-state index in [4.69, 9.17) is 9.47 Å². The predicted octanol–water partition coefficient (Wildman–Crippen LogP) is 3.68. The van der Waals surface area contributed by atoms with E-state index in [1.54, 1.807) is 30.1 Å². The molecule has 0 saturated carbocycles. The summed E-state index contributed by atoms with van der Waals surface area (Å²) < 4.78 is 23.8. The second kappa shape index (κ2) is 8.34. The molecule has 4 nitrogen and oxygen atoms in total. The van der Waals surface area contributed by atoms with Gasteiger partial charge in [-0.15, -0.1) is 0 Å². The molecule has 2 aromatic carbocycles. The molecule has 0 aromatic heterocycles. The highest BCUT2D eigenvalue weighted by molar-refractivity contribution is 5.94. The molecule has 1 amide bonds. The van der Waals surface area contributed by atoms with E-state index in [0.717, 1.165) is 11.3 Å². The molecule has 24 heavy (non-hydrogen) atoms. The highest BCUT2D eigenvalue weighted by atomic mass is 19.1. The summed E-state index contributed by atoms with van der Waals surface area (Å²) in [7, 11) is 1.72. The summed E-state index contributed by atoms with van der Waals surface area (Å²) in [5, 5.41) is 0. The van der Waals surface area contributed by atoms with E-state index in [1.165, 1.54) is 12.1 Å². The second-order valence-electron chi connectivity index (χ2n) is 5.44. The quantitative estimate of drug-likeness (QED) is 0.777. The van der Waals surface area contributed by atoms with E-state index in [9.17, 15) is 9.18 Å². The Kier molecular flexibility index (Phi) is 6.18. The van der Waals surface area contributed by atoms with E-state index < -0.39 is 0 Å². The van der Waals surface area contributed by atoms with Gasteiger partial charge in [0.1, 0.15) is 23.9 Å². The lowest BCUT2D eigenvalue weighted by molar-refractivity contribution is 0.0773. The lowest BCUT2D eigenvalue weighted by Gasteiger charge is -2.18. The van der Waals surface area contributed by atoms with Crippen LogP contribution in [0, 0.1) is 12.7 Å². The number of rotatable bonds is 7. The van der Waals surface area contributed by atoms with Gasteiger partial charge in [0, 0.05) is 12.6 Å². The molecule has 0 bridgehead atoms. The Hall–Kier alpha value is -2.56. The summed E-state index contributed by atoms with van der Waals surface area (Å²) in [4.78, 5) is 14.0. The number of halogens is 1. The number of nitrogens with zero attached hydrogens (tertiary/aromatic N) is 1. The number of aryl methyl sites for hydroxylation is 1. The maximum absolute atomic E-state index is 12.8. The summed E-state index contributed by atoms with van der Waals surface area (Å²) in [5.41, 5.74) is 1.54. The van der Waals surface area contributed by atoms with Gasteiger partial charge in [0.15, 0.2) is 0 Å². The van der Waals surface area contributed by atoms with E-state index >= 15 is 0 Å². The van der Waals surface area contributed by atoms with Crippen LogP contribution in [0.1, 0.15) is 22.8 Å². The fourth-order valence-corrected chi connectivity index (χ4v) is 2.25. The van der Waals surface area contributed by atoms with Gasteiger partial charge in [0.05, 0.1) is 13.2 Å². The van der Waals surface area contributed by atoms with Crippen LogP contribution in [0.4, 0.5) is 4.39 Å². The molecular formula is C19H22FNO3. The van der Waals surface area contributed by atoms with E-state index in [2.05, 4.69) is 0 Å². The Bertz CT molecular complexity index is 686. The molecule has 2 rings (SSSR count). The van der Waals surface area contributed by atoms with Crippen molar-refractivity contribution in [1.82, 2.24) is 4.90 Å². The average molecular weight is 331 g/mol. The first kappa shape index (κ1) is 17.8. The molecule has 5 heteroatoms. The van der Waals surface area contributed by atoms with Gasteiger partial charge in [-0.1, -0.05) is 0 Å². The monoisotopic (exact) mass is 331 g/mol. The van der Waals surface area contributed by atoms with Crippen molar-refractivity contribution < 1.29 is 18.7 Å². The molecule has 0 radical (unpaired) electrons. The maximum Gasteiger partial charge on any atom is 0.253 e. The van der Waals surface area contributed by atoms with Crippen molar-refractivity contribution >= 4 is 5.91 Å². The average Bonchev–Trinajstić information content (AvgIpc) is 2.58. The van der Waals surface area contributed by atoms with Crippen LogP contribution in [0.15, 0.2) is 42.5 Å². The molecule has 0 atom stereocenters.